The lowest BCUT2D eigenvalue weighted by Gasteiger charge is -2.33. The summed E-state index contributed by atoms with van der Waals surface area (Å²) in [7, 11) is 3.05. The standard InChI is InChI=1S/C30H35N3O6S/c1-19-9-11-23(20(2)15-19)33(27(34)18-32-29(35)26-8-6-14-40-26)28(30(36)31-17-22-7-5-13-39-22)21-10-12-24(37-3)25(16-21)38-4/h6,8-12,14-16,22,28H,5,7,13,17-18H2,1-4H3,(H,31,36)(H,32,35)/t22-,28+/m0/s1. The van der Waals surface area contributed by atoms with Gasteiger partial charge in [-0.2, -0.15) is 0 Å². The predicted molar refractivity (Wildman–Crippen MR) is 154 cm³/mol. The molecule has 0 radical (unpaired) electrons. The molecule has 1 aliphatic heterocycles. The molecule has 1 aliphatic rings. The lowest BCUT2D eigenvalue weighted by Crippen LogP contribution is -2.48. The summed E-state index contributed by atoms with van der Waals surface area (Å²) >= 11 is 1.29. The van der Waals surface area contributed by atoms with E-state index in [1.165, 1.54) is 30.5 Å². The van der Waals surface area contributed by atoms with Crippen LogP contribution in [0.25, 0.3) is 0 Å². The van der Waals surface area contributed by atoms with Gasteiger partial charge < -0.3 is 24.8 Å². The summed E-state index contributed by atoms with van der Waals surface area (Å²) in [6, 6.07) is 13.2. The Bertz CT molecular complexity index is 1340. The van der Waals surface area contributed by atoms with Gasteiger partial charge in [-0.05, 0) is 67.5 Å². The van der Waals surface area contributed by atoms with E-state index in [0.29, 0.717) is 40.8 Å². The monoisotopic (exact) mass is 565 g/mol. The average Bonchev–Trinajstić information content (AvgIpc) is 3.68. The molecule has 9 nitrogen and oxygen atoms in total. The van der Waals surface area contributed by atoms with Crippen LogP contribution in [0.4, 0.5) is 5.69 Å². The summed E-state index contributed by atoms with van der Waals surface area (Å²) in [5.74, 6) is -0.243. The Hall–Kier alpha value is -3.89. The number of ether oxygens (including phenoxy) is 3. The van der Waals surface area contributed by atoms with E-state index < -0.39 is 11.9 Å². The second-order valence-corrected chi connectivity index (χ2v) is 10.6. The molecule has 1 saturated heterocycles. The number of rotatable bonds is 11. The summed E-state index contributed by atoms with van der Waals surface area (Å²) in [6.45, 7) is 4.54. The number of hydrogen-bond donors (Lipinski definition) is 2. The van der Waals surface area contributed by atoms with Gasteiger partial charge in [0.05, 0.1) is 31.7 Å². The van der Waals surface area contributed by atoms with Crippen molar-refractivity contribution in [2.75, 3.05) is 38.8 Å². The number of anilines is 1. The molecule has 0 saturated carbocycles. The molecule has 2 N–H and O–H groups in total. The molecule has 0 unspecified atom stereocenters. The molecule has 0 aliphatic carbocycles. The largest absolute Gasteiger partial charge is 0.493 e. The Morgan fingerprint density at radius 3 is 2.50 bits per heavy atom. The van der Waals surface area contributed by atoms with Crippen molar-refractivity contribution in [3.05, 3.63) is 75.5 Å². The zero-order chi connectivity index (χ0) is 28.6. The van der Waals surface area contributed by atoms with Gasteiger partial charge in [0, 0.05) is 18.8 Å². The van der Waals surface area contributed by atoms with E-state index >= 15 is 0 Å². The summed E-state index contributed by atoms with van der Waals surface area (Å²) in [6.07, 6.45) is 1.72. The number of methoxy groups -OCH3 is 2. The minimum Gasteiger partial charge on any atom is -0.493 e. The topological polar surface area (TPSA) is 106 Å². The second kappa shape index (κ2) is 13.5. The highest BCUT2D eigenvalue weighted by Crippen LogP contribution is 2.35. The number of nitrogens with one attached hydrogen (secondary N) is 2. The van der Waals surface area contributed by atoms with E-state index in [1.807, 2.05) is 32.0 Å². The summed E-state index contributed by atoms with van der Waals surface area (Å²) < 4.78 is 16.6. The van der Waals surface area contributed by atoms with Crippen LogP contribution in [0, 0.1) is 13.8 Å². The molecule has 2 aromatic carbocycles. The third-order valence-electron chi connectivity index (χ3n) is 6.78. The predicted octanol–water partition coefficient (Wildman–Crippen LogP) is 4.18. The molecule has 2 atom stereocenters. The van der Waals surface area contributed by atoms with Crippen molar-refractivity contribution in [2.24, 2.45) is 0 Å². The van der Waals surface area contributed by atoms with Crippen LogP contribution in [-0.4, -0.2) is 57.7 Å². The zero-order valence-corrected chi connectivity index (χ0v) is 24.0. The summed E-state index contributed by atoms with van der Waals surface area (Å²) in [4.78, 5) is 42.5. The first-order valence-electron chi connectivity index (χ1n) is 13.1. The van der Waals surface area contributed by atoms with Crippen LogP contribution in [0.15, 0.2) is 53.9 Å². The van der Waals surface area contributed by atoms with Crippen LogP contribution >= 0.6 is 11.3 Å². The molecule has 3 aromatic rings. The molecule has 0 bridgehead atoms. The van der Waals surface area contributed by atoms with Crippen molar-refractivity contribution < 1.29 is 28.6 Å². The van der Waals surface area contributed by atoms with Crippen LogP contribution in [-0.2, 0) is 14.3 Å². The van der Waals surface area contributed by atoms with Crippen molar-refractivity contribution >= 4 is 34.7 Å². The molecule has 212 valence electrons. The van der Waals surface area contributed by atoms with Crippen molar-refractivity contribution in [2.45, 2.75) is 38.8 Å². The van der Waals surface area contributed by atoms with Crippen LogP contribution in [0.1, 0.15) is 45.2 Å². The van der Waals surface area contributed by atoms with Crippen molar-refractivity contribution in [3.8, 4) is 11.5 Å². The van der Waals surface area contributed by atoms with Gasteiger partial charge >= 0.3 is 0 Å². The fourth-order valence-corrected chi connectivity index (χ4v) is 5.43. The van der Waals surface area contributed by atoms with Crippen LogP contribution in [0.2, 0.25) is 0 Å². The van der Waals surface area contributed by atoms with Crippen LogP contribution < -0.4 is 25.0 Å². The number of thiophene rings is 1. The minimum atomic E-state index is -1.06. The number of hydrogen-bond acceptors (Lipinski definition) is 7. The van der Waals surface area contributed by atoms with E-state index in [2.05, 4.69) is 10.6 Å². The highest BCUT2D eigenvalue weighted by atomic mass is 32.1. The maximum absolute atomic E-state index is 14.0. The molecule has 0 spiro atoms. The first-order chi connectivity index (χ1) is 19.3. The second-order valence-electron chi connectivity index (χ2n) is 9.61. The first-order valence-corrected chi connectivity index (χ1v) is 14.0. The van der Waals surface area contributed by atoms with E-state index in [-0.39, 0.29) is 24.5 Å². The Kier molecular flexibility index (Phi) is 9.79. The third kappa shape index (κ3) is 6.81. The van der Waals surface area contributed by atoms with Gasteiger partial charge in [-0.1, -0.05) is 29.8 Å². The van der Waals surface area contributed by atoms with Crippen molar-refractivity contribution in [3.63, 3.8) is 0 Å². The Morgan fingerprint density at radius 2 is 1.85 bits per heavy atom. The summed E-state index contributed by atoms with van der Waals surface area (Å²) in [5, 5.41) is 7.51. The Balaban J connectivity index is 1.74. The van der Waals surface area contributed by atoms with Crippen molar-refractivity contribution in [1.82, 2.24) is 10.6 Å². The summed E-state index contributed by atoms with van der Waals surface area (Å²) in [5.41, 5.74) is 2.92. The smallest absolute Gasteiger partial charge is 0.261 e. The maximum atomic E-state index is 14.0. The van der Waals surface area contributed by atoms with Gasteiger partial charge in [-0.3, -0.25) is 19.3 Å². The number of carbonyl (C=O) groups is 3. The molecule has 4 rings (SSSR count). The highest BCUT2D eigenvalue weighted by molar-refractivity contribution is 7.12. The fourth-order valence-electron chi connectivity index (χ4n) is 4.79. The number of aryl methyl sites for hydroxylation is 2. The number of benzene rings is 2. The fraction of sp³-hybridized carbons (Fsp3) is 0.367. The minimum absolute atomic E-state index is 0.0784. The van der Waals surface area contributed by atoms with Gasteiger partial charge in [-0.15, -0.1) is 11.3 Å². The van der Waals surface area contributed by atoms with Crippen LogP contribution in [0.3, 0.4) is 0 Å². The maximum Gasteiger partial charge on any atom is 0.261 e. The average molecular weight is 566 g/mol. The van der Waals surface area contributed by atoms with Crippen molar-refractivity contribution in [1.29, 1.82) is 0 Å². The molecule has 1 fully saturated rings. The van der Waals surface area contributed by atoms with Gasteiger partial charge in [0.1, 0.15) is 6.04 Å². The number of nitrogens with zero attached hydrogens (tertiary/aromatic N) is 1. The Morgan fingerprint density at radius 1 is 1.05 bits per heavy atom. The number of carbonyl (C=O) groups excluding carboxylic acids is 3. The molecule has 3 amide bonds. The quantitative estimate of drug-likeness (QED) is 0.361. The normalized spacial score (nSPS) is 15.2. The van der Waals surface area contributed by atoms with Gasteiger partial charge in [0.15, 0.2) is 11.5 Å². The van der Waals surface area contributed by atoms with E-state index in [0.717, 1.165) is 24.0 Å². The first kappa shape index (κ1) is 29.1. The molecule has 2 heterocycles. The molecule has 1 aromatic heterocycles. The molecular weight excluding hydrogens is 530 g/mol. The Labute approximate surface area is 238 Å². The van der Waals surface area contributed by atoms with Gasteiger partial charge in [0.2, 0.25) is 11.8 Å². The van der Waals surface area contributed by atoms with Gasteiger partial charge in [-0.25, -0.2) is 0 Å². The molecular formula is C30H35N3O6S. The lowest BCUT2D eigenvalue weighted by molar-refractivity contribution is -0.126. The number of amides is 3. The van der Waals surface area contributed by atoms with E-state index in [1.54, 1.807) is 35.7 Å². The SMILES string of the molecule is COc1ccc([C@H](C(=O)NC[C@@H]2CCCO2)N(C(=O)CNC(=O)c2cccs2)c2ccc(C)cc2C)cc1OC. The molecule has 40 heavy (non-hydrogen) atoms. The van der Waals surface area contributed by atoms with E-state index in [4.69, 9.17) is 14.2 Å². The zero-order valence-electron chi connectivity index (χ0n) is 23.2. The van der Waals surface area contributed by atoms with Gasteiger partial charge in [0.25, 0.3) is 5.91 Å². The van der Waals surface area contributed by atoms with Crippen LogP contribution in [0.5, 0.6) is 11.5 Å². The lowest BCUT2D eigenvalue weighted by atomic mass is 10.00. The van der Waals surface area contributed by atoms with E-state index in [9.17, 15) is 14.4 Å². The third-order valence-corrected chi connectivity index (χ3v) is 7.65. The molecule has 10 heteroatoms. The highest BCUT2D eigenvalue weighted by Gasteiger charge is 2.35.